The van der Waals surface area contributed by atoms with Gasteiger partial charge in [-0.3, -0.25) is 14.4 Å². The highest BCUT2D eigenvalue weighted by molar-refractivity contribution is 5.75. The van der Waals surface area contributed by atoms with Crippen LogP contribution in [0, 0.1) is 16.5 Å². The van der Waals surface area contributed by atoms with Gasteiger partial charge in [0.2, 0.25) is 5.28 Å². The summed E-state index contributed by atoms with van der Waals surface area (Å²) in [4.78, 5) is 27.6. The van der Waals surface area contributed by atoms with E-state index in [9.17, 15) is 14.8 Å². The van der Waals surface area contributed by atoms with Crippen molar-refractivity contribution in [3.63, 3.8) is 0 Å². The molecule has 2 unspecified atom stereocenters. The van der Waals surface area contributed by atoms with Crippen LogP contribution in [0.2, 0.25) is 0 Å². The second kappa shape index (κ2) is 7.28. The van der Waals surface area contributed by atoms with Gasteiger partial charge in [0.05, 0.1) is 29.4 Å². The number of carboxylic acids is 1. The first-order valence-corrected chi connectivity index (χ1v) is 7.14. The van der Waals surface area contributed by atoms with Crippen LogP contribution in [-0.2, 0) is 19.2 Å². The number of hydrazine groups is 1. The molecule has 0 aromatic carbocycles. The Morgan fingerprint density at radius 1 is 1.45 bits per heavy atom. The number of hydrogen-bond acceptors (Lipinski definition) is 6. The predicted molar refractivity (Wildman–Crippen MR) is 74.1 cm³/mol. The molecular formula is C13H23N3O6. The van der Waals surface area contributed by atoms with Crippen LogP contribution in [-0.4, -0.2) is 46.4 Å². The molecule has 9 nitrogen and oxygen atoms in total. The summed E-state index contributed by atoms with van der Waals surface area (Å²) < 4.78 is 4.98. The lowest BCUT2D eigenvalue weighted by Gasteiger charge is -2.26. The first-order chi connectivity index (χ1) is 10.1. The van der Waals surface area contributed by atoms with Crippen LogP contribution in [0.1, 0.15) is 40.5 Å². The van der Waals surface area contributed by atoms with Crippen LogP contribution < -0.4 is 0 Å². The van der Waals surface area contributed by atoms with Gasteiger partial charge in [0.1, 0.15) is 0 Å². The number of esters is 1. The van der Waals surface area contributed by atoms with Gasteiger partial charge in [-0.1, -0.05) is 0 Å². The molecule has 1 fully saturated rings. The molecule has 1 N–H and O–H groups in total. The minimum Gasteiger partial charge on any atom is -0.569 e. The Morgan fingerprint density at radius 3 is 2.64 bits per heavy atom. The zero-order valence-electron chi connectivity index (χ0n) is 13.3. The van der Waals surface area contributed by atoms with Crippen molar-refractivity contribution in [1.29, 1.82) is 0 Å². The third kappa shape index (κ3) is 5.38. The normalized spacial score (nSPS) is 21.2. The van der Waals surface area contributed by atoms with Crippen LogP contribution in [0.25, 0.3) is 0 Å². The number of aliphatic carboxylic acids is 1. The van der Waals surface area contributed by atoms with Crippen LogP contribution in [0.15, 0.2) is 5.28 Å². The highest BCUT2D eigenvalue weighted by atomic mass is 16.8. The fourth-order valence-corrected chi connectivity index (χ4v) is 1.82. The molecule has 0 radical (unpaired) electrons. The van der Waals surface area contributed by atoms with E-state index in [-0.39, 0.29) is 11.5 Å². The molecular weight excluding hydrogens is 294 g/mol. The van der Waals surface area contributed by atoms with Crippen LogP contribution in [0.5, 0.6) is 0 Å². The average Bonchev–Trinajstić information content (AvgIpc) is 2.43. The van der Waals surface area contributed by atoms with E-state index in [0.717, 1.165) is 0 Å². The number of carbonyl (C=O) groups excluding carboxylic acids is 1. The number of nitrogens with zero attached hydrogens (tertiary/aromatic N) is 3. The van der Waals surface area contributed by atoms with Gasteiger partial charge in [-0.05, 0) is 33.6 Å². The summed E-state index contributed by atoms with van der Waals surface area (Å²) in [6.45, 7) is 6.99. The maximum absolute atomic E-state index is 11.8. The molecule has 1 saturated heterocycles. The highest BCUT2D eigenvalue weighted by Crippen LogP contribution is 2.18. The van der Waals surface area contributed by atoms with E-state index < -0.39 is 29.6 Å². The molecule has 9 heteroatoms. The second-order valence-electron chi connectivity index (χ2n) is 6.25. The predicted octanol–water partition coefficient (Wildman–Crippen LogP) is 1.53. The largest absolute Gasteiger partial charge is 0.569 e. The zero-order chi connectivity index (χ0) is 16.9. The number of carboxylic acid groups (broad SMARTS) is 1. The molecule has 2 atom stereocenters. The number of ether oxygens (including phenoxy) is 1. The molecule has 126 valence electrons. The Kier molecular flexibility index (Phi) is 5.95. The van der Waals surface area contributed by atoms with Crippen molar-refractivity contribution in [3.05, 3.63) is 5.21 Å². The van der Waals surface area contributed by atoms with Gasteiger partial charge in [0.25, 0.3) is 6.29 Å². The van der Waals surface area contributed by atoms with Crippen molar-refractivity contribution < 1.29 is 29.2 Å². The number of piperidine rings is 1. The summed E-state index contributed by atoms with van der Waals surface area (Å²) in [5.74, 6) is -2.01. The molecule has 0 amide bonds. The lowest BCUT2D eigenvalue weighted by atomic mass is 9.97. The Morgan fingerprint density at radius 2 is 2.09 bits per heavy atom. The minimum absolute atomic E-state index is 0.0713. The maximum Gasteiger partial charge on any atom is 0.314 e. The summed E-state index contributed by atoms with van der Waals surface area (Å²) in [5, 5.41) is 25.3. The molecule has 1 rings (SSSR count). The van der Waals surface area contributed by atoms with E-state index in [2.05, 4.69) is 5.28 Å². The Bertz CT molecular complexity index is 446. The van der Waals surface area contributed by atoms with Crippen molar-refractivity contribution in [2.75, 3.05) is 13.1 Å². The lowest BCUT2D eigenvalue weighted by molar-refractivity contribution is -0.715. The summed E-state index contributed by atoms with van der Waals surface area (Å²) in [5.41, 5.74) is -0.684. The summed E-state index contributed by atoms with van der Waals surface area (Å²) in [6, 6.07) is 0. The third-order valence-corrected chi connectivity index (χ3v) is 3.14. The highest BCUT2D eigenvalue weighted by Gasteiger charge is 2.30. The van der Waals surface area contributed by atoms with Gasteiger partial charge < -0.3 is 15.1 Å². The van der Waals surface area contributed by atoms with Crippen LogP contribution in [0.3, 0.4) is 0 Å². The fourth-order valence-electron chi connectivity index (χ4n) is 1.82. The average molecular weight is 317 g/mol. The smallest absolute Gasteiger partial charge is 0.314 e. The standard InChI is InChI=1S/C13H23N3O6/c1-9(21-12(19)13(2,3)4)22-14-16(20)15-7-5-6-10(8-15)11(17)18/h9-10H,5-8H2,1-4H3,(H,17,18). The van der Waals surface area contributed by atoms with Crippen molar-refractivity contribution >= 4 is 11.9 Å². The summed E-state index contributed by atoms with van der Waals surface area (Å²) >= 11 is 0. The SMILES string of the molecule is CC(ON=[N+]([O-])N1CCCC(C(=O)O)C1)OC(=O)C(C)(C)C. The summed E-state index contributed by atoms with van der Waals surface area (Å²) in [6.07, 6.45) is 0.100. The molecule has 0 saturated carbocycles. The van der Waals surface area contributed by atoms with Crippen LogP contribution >= 0.6 is 0 Å². The fraction of sp³-hybridized carbons (Fsp3) is 0.846. The Balaban J connectivity index is 2.51. The van der Waals surface area contributed by atoms with Crippen molar-refractivity contribution in [2.24, 2.45) is 16.6 Å². The van der Waals surface area contributed by atoms with Gasteiger partial charge in [-0.25, -0.2) is 0 Å². The van der Waals surface area contributed by atoms with Gasteiger partial charge >= 0.3 is 11.9 Å². The quantitative estimate of drug-likeness (QED) is 0.269. The van der Waals surface area contributed by atoms with Gasteiger partial charge in [0.15, 0.2) is 0 Å². The monoisotopic (exact) mass is 317 g/mol. The van der Waals surface area contributed by atoms with E-state index in [1.165, 1.54) is 11.9 Å². The lowest BCUT2D eigenvalue weighted by Crippen LogP contribution is -2.42. The van der Waals surface area contributed by atoms with E-state index in [1.54, 1.807) is 20.8 Å². The second-order valence-corrected chi connectivity index (χ2v) is 6.25. The summed E-state index contributed by atoms with van der Waals surface area (Å²) in [7, 11) is 0. The number of carbonyl (C=O) groups is 2. The molecule has 0 aliphatic carbocycles. The van der Waals surface area contributed by atoms with Crippen molar-refractivity contribution in [2.45, 2.75) is 46.8 Å². The van der Waals surface area contributed by atoms with E-state index in [0.29, 0.717) is 19.4 Å². The first kappa shape index (κ1) is 18.0. The maximum atomic E-state index is 11.8. The molecule has 0 spiro atoms. The first-order valence-electron chi connectivity index (χ1n) is 7.14. The number of rotatable bonds is 5. The van der Waals surface area contributed by atoms with Crippen LogP contribution in [0.4, 0.5) is 0 Å². The Labute approximate surface area is 129 Å². The third-order valence-electron chi connectivity index (χ3n) is 3.14. The van der Waals surface area contributed by atoms with E-state index in [4.69, 9.17) is 14.7 Å². The molecule has 0 bridgehead atoms. The van der Waals surface area contributed by atoms with Crippen molar-refractivity contribution in [3.8, 4) is 0 Å². The zero-order valence-corrected chi connectivity index (χ0v) is 13.3. The van der Waals surface area contributed by atoms with E-state index >= 15 is 0 Å². The van der Waals surface area contributed by atoms with Crippen molar-refractivity contribution in [1.82, 2.24) is 5.01 Å². The van der Waals surface area contributed by atoms with Gasteiger partial charge in [-0.2, -0.15) is 0 Å². The Hall–Kier alpha value is -2.06. The van der Waals surface area contributed by atoms with E-state index in [1.807, 2.05) is 0 Å². The molecule has 1 heterocycles. The molecule has 0 aromatic rings. The molecule has 0 aromatic heterocycles. The molecule has 1 aliphatic heterocycles. The molecule has 1 aliphatic rings. The molecule has 22 heavy (non-hydrogen) atoms. The topological polar surface area (TPSA) is 114 Å². The minimum atomic E-state index is -1.01. The van der Waals surface area contributed by atoms with Gasteiger partial charge in [-0.15, -0.1) is 5.01 Å². The number of hydrogen-bond donors (Lipinski definition) is 1. The van der Waals surface area contributed by atoms with Gasteiger partial charge in [0, 0.05) is 6.92 Å².